The number of aryl methyl sites for hydroxylation is 2. The standard InChI is InChI=1S/C23H21ClN4O2S2/c1-13-9-14(2)28(27-13)12-15-5-4-6-16(10-15)25-23(31)26-17-7-8-18-19(11-17)32-21(20(18)24)22(29)30-3/h4-11H,12H2,1-3H3,(H2,25,26,31). The molecule has 0 spiro atoms. The minimum absolute atomic E-state index is 0.390. The molecule has 0 bridgehead atoms. The fourth-order valence-corrected chi connectivity index (χ4v) is 5.12. The number of hydrogen-bond donors (Lipinski definition) is 2. The van der Waals surface area contributed by atoms with Crippen molar-refractivity contribution >= 4 is 67.7 Å². The normalized spacial score (nSPS) is 10.9. The molecule has 32 heavy (non-hydrogen) atoms. The van der Waals surface area contributed by atoms with E-state index in [1.54, 1.807) is 0 Å². The van der Waals surface area contributed by atoms with Crippen molar-refractivity contribution in [1.82, 2.24) is 9.78 Å². The van der Waals surface area contributed by atoms with Gasteiger partial charge in [0.2, 0.25) is 0 Å². The molecule has 6 nitrogen and oxygen atoms in total. The average molecular weight is 485 g/mol. The molecular weight excluding hydrogens is 464 g/mol. The van der Waals surface area contributed by atoms with E-state index in [1.807, 2.05) is 48.9 Å². The van der Waals surface area contributed by atoms with Crippen molar-refractivity contribution in [3.05, 3.63) is 75.4 Å². The van der Waals surface area contributed by atoms with Crippen molar-refractivity contribution in [3.63, 3.8) is 0 Å². The first-order valence-electron chi connectivity index (χ1n) is 9.82. The summed E-state index contributed by atoms with van der Waals surface area (Å²) in [7, 11) is 1.34. The second kappa shape index (κ2) is 9.28. The van der Waals surface area contributed by atoms with Gasteiger partial charge in [-0.25, -0.2) is 4.79 Å². The third-order valence-electron chi connectivity index (χ3n) is 4.88. The quantitative estimate of drug-likeness (QED) is 0.267. The number of thiocarbonyl (C=S) groups is 1. The number of methoxy groups -OCH3 is 1. The molecule has 0 saturated heterocycles. The number of rotatable bonds is 5. The summed E-state index contributed by atoms with van der Waals surface area (Å²) in [5.74, 6) is -0.441. The van der Waals surface area contributed by atoms with Gasteiger partial charge in [0.15, 0.2) is 5.11 Å². The summed E-state index contributed by atoms with van der Waals surface area (Å²) in [5, 5.41) is 12.6. The number of anilines is 2. The van der Waals surface area contributed by atoms with Crippen LogP contribution in [-0.4, -0.2) is 28.0 Å². The van der Waals surface area contributed by atoms with Gasteiger partial charge in [-0.2, -0.15) is 5.10 Å². The van der Waals surface area contributed by atoms with E-state index in [0.29, 0.717) is 21.6 Å². The number of ether oxygens (including phenoxy) is 1. The van der Waals surface area contributed by atoms with Gasteiger partial charge in [0.1, 0.15) is 4.88 Å². The van der Waals surface area contributed by atoms with Crippen molar-refractivity contribution in [3.8, 4) is 0 Å². The van der Waals surface area contributed by atoms with Gasteiger partial charge in [0, 0.05) is 27.2 Å². The number of nitrogens with one attached hydrogen (secondary N) is 2. The minimum atomic E-state index is -0.441. The minimum Gasteiger partial charge on any atom is -0.465 e. The Hall–Kier alpha value is -2.94. The number of benzene rings is 2. The second-order valence-corrected chi connectivity index (χ2v) is 9.15. The molecule has 0 aliphatic heterocycles. The maximum atomic E-state index is 11.9. The Balaban J connectivity index is 1.46. The lowest BCUT2D eigenvalue weighted by atomic mass is 10.2. The van der Waals surface area contributed by atoms with E-state index in [9.17, 15) is 4.79 Å². The monoisotopic (exact) mass is 484 g/mol. The third kappa shape index (κ3) is 4.77. The maximum Gasteiger partial charge on any atom is 0.349 e. The summed E-state index contributed by atoms with van der Waals surface area (Å²) >= 11 is 13.1. The number of nitrogens with zero attached hydrogens (tertiary/aromatic N) is 2. The first kappa shape index (κ1) is 22.3. The molecule has 4 aromatic rings. The van der Waals surface area contributed by atoms with Crippen molar-refractivity contribution in [2.75, 3.05) is 17.7 Å². The van der Waals surface area contributed by atoms with Gasteiger partial charge in [0.25, 0.3) is 0 Å². The van der Waals surface area contributed by atoms with Crippen molar-refractivity contribution in [2.45, 2.75) is 20.4 Å². The van der Waals surface area contributed by atoms with Crippen LogP contribution in [0.15, 0.2) is 48.5 Å². The molecule has 0 saturated carbocycles. The van der Waals surface area contributed by atoms with Crippen LogP contribution in [0.4, 0.5) is 11.4 Å². The predicted octanol–water partition coefficient (Wildman–Crippen LogP) is 6.01. The van der Waals surface area contributed by atoms with E-state index >= 15 is 0 Å². The highest BCUT2D eigenvalue weighted by Crippen LogP contribution is 2.37. The molecule has 2 N–H and O–H groups in total. The molecule has 9 heteroatoms. The van der Waals surface area contributed by atoms with Crippen molar-refractivity contribution in [1.29, 1.82) is 0 Å². The van der Waals surface area contributed by atoms with Crippen molar-refractivity contribution in [2.24, 2.45) is 0 Å². The lowest BCUT2D eigenvalue weighted by Gasteiger charge is -2.12. The number of esters is 1. The van der Waals surface area contributed by atoms with Gasteiger partial charge in [-0.05, 0) is 68.0 Å². The van der Waals surface area contributed by atoms with E-state index in [1.165, 1.54) is 18.4 Å². The molecule has 2 aromatic carbocycles. The molecule has 0 aliphatic rings. The lowest BCUT2D eigenvalue weighted by Crippen LogP contribution is -2.19. The summed E-state index contributed by atoms with van der Waals surface area (Å²) in [5.41, 5.74) is 4.93. The highest BCUT2D eigenvalue weighted by molar-refractivity contribution is 7.80. The highest BCUT2D eigenvalue weighted by atomic mass is 35.5. The maximum absolute atomic E-state index is 11.9. The fourth-order valence-electron chi connectivity index (χ4n) is 3.42. The number of carbonyl (C=O) groups excluding carboxylic acids is 1. The Morgan fingerprint density at radius 1 is 1.16 bits per heavy atom. The molecule has 0 aliphatic carbocycles. The Morgan fingerprint density at radius 3 is 2.59 bits per heavy atom. The number of halogens is 1. The zero-order valence-corrected chi connectivity index (χ0v) is 20.1. The molecule has 0 fully saturated rings. The molecule has 0 radical (unpaired) electrons. The zero-order valence-electron chi connectivity index (χ0n) is 17.7. The number of carbonyl (C=O) groups is 1. The van der Waals surface area contributed by atoms with Gasteiger partial charge in [-0.15, -0.1) is 11.3 Å². The number of aromatic nitrogens is 2. The Morgan fingerprint density at radius 2 is 1.91 bits per heavy atom. The largest absolute Gasteiger partial charge is 0.465 e. The number of fused-ring (bicyclic) bond motifs is 1. The summed E-state index contributed by atoms with van der Waals surface area (Å²) in [6.07, 6.45) is 0. The SMILES string of the molecule is COC(=O)c1sc2cc(NC(=S)Nc3cccc(Cn4nc(C)cc4C)c3)ccc2c1Cl. The van der Waals surface area contributed by atoms with Gasteiger partial charge in [-0.1, -0.05) is 23.7 Å². The van der Waals surface area contributed by atoms with Crippen LogP contribution in [0.5, 0.6) is 0 Å². The predicted molar refractivity (Wildman–Crippen MR) is 135 cm³/mol. The van der Waals surface area contributed by atoms with E-state index in [0.717, 1.165) is 38.4 Å². The first-order valence-corrected chi connectivity index (χ1v) is 11.4. The Bertz CT molecular complexity index is 1330. The number of hydrogen-bond acceptors (Lipinski definition) is 5. The van der Waals surface area contributed by atoms with Crippen LogP contribution in [0.1, 0.15) is 26.6 Å². The van der Waals surface area contributed by atoms with Crippen LogP contribution in [0.25, 0.3) is 10.1 Å². The number of thiophene rings is 1. The van der Waals surface area contributed by atoms with Gasteiger partial charge in [-0.3, -0.25) is 4.68 Å². The summed E-state index contributed by atoms with van der Waals surface area (Å²) < 4.78 is 7.65. The summed E-state index contributed by atoms with van der Waals surface area (Å²) in [6.45, 7) is 4.73. The van der Waals surface area contributed by atoms with Crippen LogP contribution in [0.2, 0.25) is 5.02 Å². The van der Waals surface area contributed by atoms with Crippen LogP contribution >= 0.6 is 35.2 Å². The van der Waals surface area contributed by atoms with Gasteiger partial charge >= 0.3 is 5.97 Å². The van der Waals surface area contributed by atoms with E-state index in [-0.39, 0.29) is 0 Å². The van der Waals surface area contributed by atoms with Crippen LogP contribution in [0.3, 0.4) is 0 Å². The third-order valence-corrected chi connectivity index (χ3v) is 6.72. The topological polar surface area (TPSA) is 68.2 Å². The fraction of sp³-hybridized carbons (Fsp3) is 0.174. The van der Waals surface area contributed by atoms with Crippen LogP contribution < -0.4 is 10.6 Å². The molecule has 2 heterocycles. The first-order chi connectivity index (χ1) is 15.3. The highest BCUT2D eigenvalue weighted by Gasteiger charge is 2.17. The lowest BCUT2D eigenvalue weighted by molar-refractivity contribution is 0.0606. The van der Waals surface area contributed by atoms with Crippen LogP contribution in [-0.2, 0) is 11.3 Å². The van der Waals surface area contributed by atoms with Crippen molar-refractivity contribution < 1.29 is 9.53 Å². The Labute approximate surface area is 200 Å². The molecule has 164 valence electrons. The molecule has 0 atom stereocenters. The second-order valence-electron chi connectivity index (χ2n) is 7.31. The van der Waals surface area contributed by atoms with E-state index in [2.05, 4.69) is 33.9 Å². The molecule has 2 aromatic heterocycles. The van der Waals surface area contributed by atoms with E-state index in [4.69, 9.17) is 28.6 Å². The summed E-state index contributed by atoms with van der Waals surface area (Å²) in [4.78, 5) is 12.3. The van der Waals surface area contributed by atoms with E-state index < -0.39 is 5.97 Å². The summed E-state index contributed by atoms with van der Waals surface area (Å²) in [6, 6.07) is 15.8. The molecule has 0 amide bonds. The molecular formula is C23H21ClN4O2S2. The van der Waals surface area contributed by atoms with Gasteiger partial charge < -0.3 is 15.4 Å². The Kier molecular flexibility index (Phi) is 6.45. The molecule has 4 rings (SSSR count). The zero-order chi connectivity index (χ0) is 22.8. The smallest absolute Gasteiger partial charge is 0.349 e. The van der Waals surface area contributed by atoms with Crippen LogP contribution in [0, 0.1) is 13.8 Å². The molecule has 0 unspecified atom stereocenters. The van der Waals surface area contributed by atoms with Gasteiger partial charge in [0.05, 0.1) is 24.4 Å². The average Bonchev–Trinajstić information content (AvgIpc) is 3.25.